The highest BCUT2D eigenvalue weighted by atomic mass is 19.2. The highest BCUT2D eigenvalue weighted by Crippen LogP contribution is 2.29. The van der Waals surface area contributed by atoms with Crippen LogP contribution in [0.1, 0.15) is 15.9 Å². The van der Waals surface area contributed by atoms with E-state index >= 15 is 0 Å². The standard InChI is InChI=1S/C24H18F2N2O2/c25-20-11-5-10-18(22(20)26)24(30)28-21(23(27)29)13-19-16-8-3-1-6-14(16)12-15-7-2-4-9-17(15)19/h1-12,21H,13H2,(H2,27,29)(H,28,30)/t21-/m1/s1. The van der Waals surface area contributed by atoms with Gasteiger partial charge in [0.1, 0.15) is 6.04 Å². The van der Waals surface area contributed by atoms with Gasteiger partial charge in [-0.1, -0.05) is 54.6 Å². The van der Waals surface area contributed by atoms with Crippen LogP contribution in [-0.4, -0.2) is 17.9 Å². The monoisotopic (exact) mass is 404 g/mol. The van der Waals surface area contributed by atoms with Crippen molar-refractivity contribution in [1.29, 1.82) is 0 Å². The molecule has 6 heteroatoms. The minimum absolute atomic E-state index is 0.111. The van der Waals surface area contributed by atoms with Crippen molar-refractivity contribution in [2.45, 2.75) is 12.5 Å². The second-order valence-corrected chi connectivity index (χ2v) is 7.03. The Kier molecular flexibility index (Phi) is 5.14. The van der Waals surface area contributed by atoms with Crippen LogP contribution in [0.15, 0.2) is 72.8 Å². The van der Waals surface area contributed by atoms with Crippen LogP contribution in [-0.2, 0) is 11.2 Å². The van der Waals surface area contributed by atoms with E-state index in [-0.39, 0.29) is 6.42 Å². The lowest BCUT2D eigenvalue weighted by Gasteiger charge is -2.19. The molecule has 0 radical (unpaired) electrons. The molecular weight excluding hydrogens is 386 g/mol. The van der Waals surface area contributed by atoms with Gasteiger partial charge in [-0.15, -0.1) is 0 Å². The van der Waals surface area contributed by atoms with Gasteiger partial charge in [0.2, 0.25) is 5.91 Å². The summed E-state index contributed by atoms with van der Waals surface area (Å²) in [6, 6.07) is 19.7. The third-order valence-corrected chi connectivity index (χ3v) is 5.14. The van der Waals surface area contributed by atoms with E-state index in [1.54, 1.807) is 0 Å². The molecule has 4 aromatic rings. The molecule has 4 nitrogen and oxygen atoms in total. The average molecular weight is 404 g/mol. The average Bonchev–Trinajstić information content (AvgIpc) is 2.74. The number of hydrogen-bond donors (Lipinski definition) is 2. The number of hydrogen-bond acceptors (Lipinski definition) is 2. The Morgan fingerprint density at radius 2 is 1.47 bits per heavy atom. The van der Waals surface area contributed by atoms with Gasteiger partial charge in [-0.05, 0) is 45.3 Å². The molecule has 30 heavy (non-hydrogen) atoms. The quantitative estimate of drug-likeness (QED) is 0.492. The molecule has 0 aromatic heterocycles. The maximum Gasteiger partial charge on any atom is 0.255 e. The van der Waals surface area contributed by atoms with E-state index < -0.39 is 35.1 Å². The number of nitrogens with one attached hydrogen (secondary N) is 1. The van der Waals surface area contributed by atoms with Crippen molar-refractivity contribution in [3.8, 4) is 0 Å². The molecule has 2 amide bonds. The number of benzene rings is 4. The molecule has 3 N–H and O–H groups in total. The lowest BCUT2D eigenvalue weighted by Crippen LogP contribution is -2.46. The molecule has 4 aromatic carbocycles. The molecule has 0 spiro atoms. The molecule has 0 saturated heterocycles. The summed E-state index contributed by atoms with van der Waals surface area (Å²) in [5.74, 6) is -4.08. The normalized spacial score (nSPS) is 12.1. The van der Waals surface area contributed by atoms with Gasteiger partial charge in [0.05, 0.1) is 5.56 Å². The third kappa shape index (κ3) is 3.59. The minimum Gasteiger partial charge on any atom is -0.368 e. The Balaban J connectivity index is 1.75. The second-order valence-electron chi connectivity index (χ2n) is 7.03. The lowest BCUT2D eigenvalue weighted by atomic mass is 9.92. The smallest absolute Gasteiger partial charge is 0.255 e. The minimum atomic E-state index is -1.27. The van der Waals surface area contributed by atoms with Crippen LogP contribution in [0, 0.1) is 11.6 Å². The Bertz CT molecular complexity index is 1230. The molecule has 0 bridgehead atoms. The summed E-state index contributed by atoms with van der Waals surface area (Å²) in [4.78, 5) is 24.7. The molecule has 4 rings (SSSR count). The van der Waals surface area contributed by atoms with Gasteiger partial charge in [0.25, 0.3) is 5.91 Å². The van der Waals surface area contributed by atoms with Crippen molar-refractivity contribution in [3.63, 3.8) is 0 Å². The van der Waals surface area contributed by atoms with Crippen molar-refractivity contribution >= 4 is 33.4 Å². The maximum atomic E-state index is 14.0. The van der Waals surface area contributed by atoms with Crippen LogP contribution in [0.3, 0.4) is 0 Å². The summed E-state index contributed by atoms with van der Waals surface area (Å²) in [6.45, 7) is 0. The molecular formula is C24H18F2N2O2. The van der Waals surface area contributed by atoms with Crippen molar-refractivity contribution in [3.05, 3.63) is 95.6 Å². The summed E-state index contributed by atoms with van der Waals surface area (Å²) < 4.78 is 27.5. The first-order valence-corrected chi connectivity index (χ1v) is 9.39. The Morgan fingerprint density at radius 1 is 0.867 bits per heavy atom. The zero-order chi connectivity index (χ0) is 21.3. The number of fused-ring (bicyclic) bond motifs is 2. The van der Waals surface area contributed by atoms with Gasteiger partial charge >= 0.3 is 0 Å². The van der Waals surface area contributed by atoms with Crippen LogP contribution in [0.25, 0.3) is 21.5 Å². The molecule has 0 saturated carbocycles. The highest BCUT2D eigenvalue weighted by molar-refractivity contribution is 6.03. The van der Waals surface area contributed by atoms with E-state index in [4.69, 9.17) is 5.73 Å². The van der Waals surface area contributed by atoms with Crippen LogP contribution in [0.5, 0.6) is 0 Å². The van der Waals surface area contributed by atoms with Crippen molar-refractivity contribution < 1.29 is 18.4 Å². The first-order chi connectivity index (χ1) is 14.5. The summed E-state index contributed by atoms with van der Waals surface area (Å²) in [5.41, 5.74) is 5.90. The summed E-state index contributed by atoms with van der Waals surface area (Å²) >= 11 is 0. The number of carbonyl (C=O) groups excluding carboxylic acids is 2. The first kappa shape index (κ1) is 19.5. The summed E-state index contributed by atoms with van der Waals surface area (Å²) in [6.07, 6.45) is 0.111. The van der Waals surface area contributed by atoms with E-state index in [2.05, 4.69) is 5.32 Å². The molecule has 0 aliphatic heterocycles. The van der Waals surface area contributed by atoms with Crippen LogP contribution in [0.2, 0.25) is 0 Å². The number of carbonyl (C=O) groups is 2. The van der Waals surface area contributed by atoms with Gasteiger partial charge in [-0.3, -0.25) is 9.59 Å². The molecule has 1 atom stereocenters. The van der Waals surface area contributed by atoms with Gasteiger partial charge in [-0.25, -0.2) is 8.78 Å². The third-order valence-electron chi connectivity index (χ3n) is 5.14. The van der Waals surface area contributed by atoms with Crippen LogP contribution in [0.4, 0.5) is 8.78 Å². The van der Waals surface area contributed by atoms with Gasteiger partial charge in [-0.2, -0.15) is 0 Å². The SMILES string of the molecule is NC(=O)[C@@H](Cc1c2ccccc2cc2ccccc12)NC(=O)c1cccc(F)c1F. The van der Waals surface area contributed by atoms with E-state index in [9.17, 15) is 18.4 Å². The first-order valence-electron chi connectivity index (χ1n) is 9.39. The largest absolute Gasteiger partial charge is 0.368 e. The van der Waals surface area contributed by atoms with Crippen molar-refractivity contribution in [1.82, 2.24) is 5.32 Å². The molecule has 0 aliphatic rings. The predicted molar refractivity (Wildman–Crippen MR) is 112 cm³/mol. The van der Waals surface area contributed by atoms with E-state index in [1.165, 1.54) is 6.07 Å². The molecule has 150 valence electrons. The molecule has 0 aliphatic carbocycles. The number of amides is 2. The van der Waals surface area contributed by atoms with Crippen LogP contribution >= 0.6 is 0 Å². The number of rotatable bonds is 5. The molecule has 0 unspecified atom stereocenters. The Labute approximate surface area is 171 Å². The van der Waals surface area contributed by atoms with Crippen molar-refractivity contribution in [2.75, 3.05) is 0 Å². The Morgan fingerprint density at radius 3 is 2.07 bits per heavy atom. The molecule has 0 fully saturated rings. The van der Waals surface area contributed by atoms with E-state index in [0.29, 0.717) is 0 Å². The van der Waals surface area contributed by atoms with Gasteiger partial charge in [0, 0.05) is 6.42 Å². The fourth-order valence-corrected chi connectivity index (χ4v) is 3.67. The number of halogens is 2. The second kappa shape index (κ2) is 7.91. The zero-order valence-electron chi connectivity index (χ0n) is 15.9. The van der Waals surface area contributed by atoms with Crippen LogP contribution < -0.4 is 11.1 Å². The van der Waals surface area contributed by atoms with Crippen molar-refractivity contribution in [2.24, 2.45) is 5.73 Å². The van der Waals surface area contributed by atoms with E-state index in [1.807, 2.05) is 54.6 Å². The summed E-state index contributed by atoms with van der Waals surface area (Å²) in [5, 5.41) is 6.27. The fourth-order valence-electron chi connectivity index (χ4n) is 3.67. The Hall–Kier alpha value is -3.80. The highest BCUT2D eigenvalue weighted by Gasteiger charge is 2.24. The molecule has 0 heterocycles. The lowest BCUT2D eigenvalue weighted by molar-refractivity contribution is -0.119. The maximum absolute atomic E-state index is 14.0. The topological polar surface area (TPSA) is 72.2 Å². The number of primary amides is 1. The fraction of sp³-hybridized carbons (Fsp3) is 0.0833. The number of nitrogens with two attached hydrogens (primary N) is 1. The predicted octanol–water partition coefficient (Wildman–Crippen LogP) is 4.10. The summed E-state index contributed by atoms with van der Waals surface area (Å²) in [7, 11) is 0. The van der Waals surface area contributed by atoms with Gasteiger partial charge < -0.3 is 11.1 Å². The zero-order valence-corrected chi connectivity index (χ0v) is 15.9. The van der Waals surface area contributed by atoms with Gasteiger partial charge in [0.15, 0.2) is 11.6 Å². The van der Waals surface area contributed by atoms with E-state index in [0.717, 1.165) is 39.2 Å².